The van der Waals surface area contributed by atoms with Crippen LogP contribution in [-0.2, 0) is 10.0 Å². The molecule has 3 aromatic rings. The van der Waals surface area contributed by atoms with Crippen molar-refractivity contribution in [2.75, 3.05) is 18.4 Å². The number of rotatable bonds is 7. The minimum atomic E-state index is -3.63. The smallest absolute Gasteiger partial charge is 0.240 e. The summed E-state index contributed by atoms with van der Waals surface area (Å²) in [5.41, 5.74) is 1.41. The van der Waals surface area contributed by atoms with E-state index >= 15 is 0 Å². The molecule has 0 saturated carbocycles. The summed E-state index contributed by atoms with van der Waals surface area (Å²) in [7, 11) is -3.63. The molecule has 0 fully saturated rings. The van der Waals surface area contributed by atoms with Crippen LogP contribution in [0.1, 0.15) is 11.3 Å². The Hall–Kier alpha value is -2.49. The first-order valence-electron chi connectivity index (χ1n) is 8.22. The highest BCUT2D eigenvalue weighted by molar-refractivity contribution is 7.89. The van der Waals surface area contributed by atoms with E-state index in [2.05, 4.69) is 25.3 Å². The van der Waals surface area contributed by atoms with Gasteiger partial charge in [0.05, 0.1) is 10.6 Å². The van der Waals surface area contributed by atoms with Gasteiger partial charge in [-0.1, -0.05) is 17.7 Å². The van der Waals surface area contributed by atoms with E-state index in [0.29, 0.717) is 28.8 Å². The normalized spacial score (nSPS) is 11.5. The van der Waals surface area contributed by atoms with Crippen molar-refractivity contribution in [2.24, 2.45) is 0 Å². The third-order valence-electron chi connectivity index (χ3n) is 3.84. The van der Waals surface area contributed by atoms with Gasteiger partial charge in [-0.05, 0) is 49.7 Å². The van der Waals surface area contributed by atoms with Gasteiger partial charge in [0.15, 0.2) is 5.82 Å². The molecular weight excluding hydrogens is 388 g/mol. The van der Waals surface area contributed by atoms with Crippen molar-refractivity contribution in [2.45, 2.75) is 18.7 Å². The third-order valence-corrected chi connectivity index (χ3v) is 5.85. The first kappa shape index (κ1) is 19.3. The van der Waals surface area contributed by atoms with Gasteiger partial charge >= 0.3 is 0 Å². The monoisotopic (exact) mass is 406 g/mol. The lowest BCUT2D eigenvalue weighted by molar-refractivity contribution is 0.582. The van der Waals surface area contributed by atoms with E-state index in [4.69, 9.17) is 11.6 Å². The lowest BCUT2D eigenvalue weighted by Crippen LogP contribution is -2.29. The Morgan fingerprint density at radius 1 is 1.07 bits per heavy atom. The number of halogens is 1. The van der Waals surface area contributed by atoms with Crippen LogP contribution in [-0.4, -0.2) is 41.5 Å². The second kappa shape index (κ2) is 8.03. The van der Waals surface area contributed by atoms with Crippen LogP contribution in [0.2, 0.25) is 5.02 Å². The highest BCUT2D eigenvalue weighted by Gasteiger charge is 2.17. The summed E-state index contributed by atoms with van der Waals surface area (Å²) in [6, 6.07) is 10.2. The summed E-state index contributed by atoms with van der Waals surface area (Å²) in [5.74, 6) is 1.14. The predicted molar refractivity (Wildman–Crippen MR) is 104 cm³/mol. The fourth-order valence-electron chi connectivity index (χ4n) is 2.42. The quantitative estimate of drug-likeness (QED) is 0.584. The minimum absolute atomic E-state index is 0.175. The standard InChI is InChI=1S/C17H19ClN6O2S/c1-12-8-11-24(23-12)17-7-6-16(21-22-17)19-9-10-20-27(25,26)15-5-3-4-14(18)13(15)2/h3-8,11,20H,9-10H2,1-2H3,(H,19,21). The molecule has 0 bridgehead atoms. The number of benzene rings is 1. The average molecular weight is 407 g/mol. The zero-order chi connectivity index (χ0) is 19.4. The molecule has 0 aliphatic carbocycles. The molecule has 0 saturated heterocycles. The van der Waals surface area contributed by atoms with Gasteiger partial charge in [-0.15, -0.1) is 10.2 Å². The van der Waals surface area contributed by atoms with Crippen LogP contribution in [0.3, 0.4) is 0 Å². The second-order valence-corrected chi connectivity index (χ2v) is 8.01. The Balaban J connectivity index is 1.55. The number of hydrogen-bond donors (Lipinski definition) is 2. The van der Waals surface area contributed by atoms with E-state index in [0.717, 1.165) is 5.69 Å². The molecular formula is C17H19ClN6O2S. The average Bonchev–Trinajstić information content (AvgIpc) is 3.08. The highest BCUT2D eigenvalue weighted by Crippen LogP contribution is 2.22. The molecule has 0 radical (unpaired) electrons. The predicted octanol–water partition coefficient (Wildman–Crippen LogP) is 2.32. The van der Waals surface area contributed by atoms with Crippen LogP contribution in [0.15, 0.2) is 47.5 Å². The summed E-state index contributed by atoms with van der Waals surface area (Å²) in [5, 5.41) is 15.9. The topological polar surface area (TPSA) is 102 Å². The SMILES string of the molecule is Cc1ccn(-c2ccc(NCCNS(=O)(=O)c3cccc(Cl)c3C)nn2)n1. The van der Waals surface area contributed by atoms with Gasteiger partial charge in [-0.2, -0.15) is 5.10 Å². The van der Waals surface area contributed by atoms with Crippen molar-refractivity contribution >= 4 is 27.4 Å². The summed E-state index contributed by atoms with van der Waals surface area (Å²) >= 11 is 5.99. The van der Waals surface area contributed by atoms with Crippen molar-refractivity contribution in [1.82, 2.24) is 24.7 Å². The lowest BCUT2D eigenvalue weighted by Gasteiger charge is -2.11. The van der Waals surface area contributed by atoms with E-state index < -0.39 is 10.0 Å². The number of aryl methyl sites for hydroxylation is 1. The Labute approximate surface area is 162 Å². The molecule has 0 aliphatic rings. The Bertz CT molecular complexity index is 1030. The van der Waals surface area contributed by atoms with Crippen LogP contribution < -0.4 is 10.0 Å². The maximum Gasteiger partial charge on any atom is 0.240 e. The molecule has 1 aromatic carbocycles. The summed E-state index contributed by atoms with van der Waals surface area (Å²) in [6.07, 6.45) is 1.80. The summed E-state index contributed by atoms with van der Waals surface area (Å²) in [6.45, 7) is 4.11. The van der Waals surface area contributed by atoms with E-state index in [1.807, 2.05) is 13.0 Å². The van der Waals surface area contributed by atoms with E-state index in [-0.39, 0.29) is 11.4 Å². The molecule has 27 heavy (non-hydrogen) atoms. The van der Waals surface area contributed by atoms with Crippen LogP contribution in [0.4, 0.5) is 5.82 Å². The first-order valence-corrected chi connectivity index (χ1v) is 10.1. The minimum Gasteiger partial charge on any atom is -0.367 e. The van der Waals surface area contributed by atoms with Gasteiger partial charge in [-0.3, -0.25) is 0 Å². The molecule has 0 unspecified atom stereocenters. The number of nitrogens with zero attached hydrogens (tertiary/aromatic N) is 4. The third kappa shape index (κ3) is 4.62. The Morgan fingerprint density at radius 3 is 2.56 bits per heavy atom. The van der Waals surface area contributed by atoms with Gasteiger partial charge in [0.1, 0.15) is 5.82 Å². The Morgan fingerprint density at radius 2 is 1.89 bits per heavy atom. The molecule has 0 atom stereocenters. The molecule has 0 spiro atoms. The largest absolute Gasteiger partial charge is 0.367 e. The molecule has 142 valence electrons. The van der Waals surface area contributed by atoms with Crippen LogP contribution in [0, 0.1) is 13.8 Å². The summed E-state index contributed by atoms with van der Waals surface area (Å²) in [4.78, 5) is 0.175. The Kier molecular flexibility index (Phi) is 5.73. The molecule has 2 heterocycles. The summed E-state index contributed by atoms with van der Waals surface area (Å²) < 4.78 is 28.9. The first-order chi connectivity index (χ1) is 12.9. The lowest BCUT2D eigenvalue weighted by atomic mass is 10.2. The van der Waals surface area contributed by atoms with Crippen molar-refractivity contribution in [3.8, 4) is 5.82 Å². The molecule has 0 amide bonds. The number of anilines is 1. The van der Waals surface area contributed by atoms with Crippen LogP contribution in [0.5, 0.6) is 0 Å². The van der Waals surface area contributed by atoms with E-state index in [1.165, 1.54) is 6.07 Å². The molecule has 3 rings (SSSR count). The number of aromatic nitrogens is 4. The van der Waals surface area contributed by atoms with Crippen LogP contribution >= 0.6 is 11.6 Å². The van der Waals surface area contributed by atoms with Crippen molar-refractivity contribution in [3.63, 3.8) is 0 Å². The molecule has 8 nitrogen and oxygen atoms in total. The van der Waals surface area contributed by atoms with E-state index in [1.54, 1.807) is 42.1 Å². The van der Waals surface area contributed by atoms with Crippen LogP contribution in [0.25, 0.3) is 5.82 Å². The van der Waals surface area contributed by atoms with Gasteiger partial charge in [0.25, 0.3) is 0 Å². The second-order valence-electron chi connectivity index (χ2n) is 5.87. The van der Waals surface area contributed by atoms with Gasteiger partial charge in [-0.25, -0.2) is 17.8 Å². The van der Waals surface area contributed by atoms with Gasteiger partial charge in [0.2, 0.25) is 10.0 Å². The molecule has 0 aliphatic heterocycles. The van der Waals surface area contributed by atoms with Gasteiger partial charge < -0.3 is 5.32 Å². The molecule has 2 aromatic heterocycles. The van der Waals surface area contributed by atoms with E-state index in [9.17, 15) is 8.42 Å². The van der Waals surface area contributed by atoms with Crippen molar-refractivity contribution in [3.05, 3.63) is 58.9 Å². The fourth-order valence-corrected chi connectivity index (χ4v) is 3.94. The zero-order valence-corrected chi connectivity index (χ0v) is 16.4. The zero-order valence-electron chi connectivity index (χ0n) is 14.8. The van der Waals surface area contributed by atoms with Gasteiger partial charge in [0, 0.05) is 24.3 Å². The number of nitrogens with one attached hydrogen (secondary N) is 2. The molecule has 10 heteroatoms. The fraction of sp³-hybridized carbons (Fsp3) is 0.235. The number of sulfonamides is 1. The maximum absolute atomic E-state index is 12.4. The van der Waals surface area contributed by atoms with Crippen molar-refractivity contribution < 1.29 is 8.42 Å². The number of hydrogen-bond acceptors (Lipinski definition) is 6. The van der Waals surface area contributed by atoms with Crippen molar-refractivity contribution in [1.29, 1.82) is 0 Å². The highest BCUT2D eigenvalue weighted by atomic mass is 35.5. The maximum atomic E-state index is 12.4. The molecule has 2 N–H and O–H groups in total.